The molecule has 0 aromatic heterocycles. The number of ether oxygens (including phenoxy) is 3. The topological polar surface area (TPSA) is 88.5 Å². The quantitative estimate of drug-likeness (QED) is 0.678. The molecule has 34 heavy (non-hydrogen) atoms. The number of rotatable bonds is 5. The van der Waals surface area contributed by atoms with E-state index >= 15 is 0 Å². The molecule has 2 aromatic rings. The Morgan fingerprint density at radius 2 is 1.88 bits per heavy atom. The maximum Gasteiger partial charge on any atom is 0.290 e. The van der Waals surface area contributed by atoms with Gasteiger partial charge in [-0.3, -0.25) is 14.5 Å². The first-order chi connectivity index (χ1) is 16.6. The summed E-state index contributed by atoms with van der Waals surface area (Å²) in [5, 5.41) is 6.89. The number of fused-ring (bicyclic) bond motifs is 1. The van der Waals surface area contributed by atoms with Crippen molar-refractivity contribution < 1.29 is 28.9 Å². The number of hydrogen-bond acceptors (Lipinski definition) is 6. The zero-order chi connectivity index (χ0) is 23.9. The third-order valence-corrected chi connectivity index (χ3v) is 6.33. The van der Waals surface area contributed by atoms with Gasteiger partial charge in [-0.05, 0) is 43.2 Å². The summed E-state index contributed by atoms with van der Waals surface area (Å²) >= 11 is 0. The molecule has 0 bridgehead atoms. The molecule has 1 saturated heterocycles. The Morgan fingerprint density at radius 3 is 2.68 bits per heavy atom. The molecule has 1 N–H and O–H groups in total. The first-order valence-electron chi connectivity index (χ1n) is 11.5. The van der Waals surface area contributed by atoms with Crippen molar-refractivity contribution in [3.8, 4) is 17.2 Å². The molecule has 0 aliphatic carbocycles. The number of methoxy groups -OCH3 is 1. The largest absolute Gasteiger partial charge is 0.496 e. The van der Waals surface area contributed by atoms with Crippen LogP contribution in [0.15, 0.2) is 54.6 Å². The number of benzene rings is 2. The molecule has 180 valence electrons. The van der Waals surface area contributed by atoms with Crippen LogP contribution in [-0.2, 0) is 9.59 Å². The molecule has 8 heteroatoms. The molecule has 5 rings (SSSR count). The molecule has 2 aromatic carbocycles. The fourth-order valence-corrected chi connectivity index (χ4v) is 4.81. The molecule has 3 aliphatic heterocycles. The van der Waals surface area contributed by atoms with Crippen molar-refractivity contribution in [2.75, 3.05) is 39.9 Å². The van der Waals surface area contributed by atoms with Crippen LogP contribution in [0.3, 0.4) is 0 Å². The molecule has 0 unspecified atom stereocenters. The van der Waals surface area contributed by atoms with Gasteiger partial charge in [0.2, 0.25) is 5.91 Å². The Morgan fingerprint density at radius 1 is 1.15 bits per heavy atom. The highest BCUT2D eigenvalue weighted by Gasteiger charge is 2.34. The summed E-state index contributed by atoms with van der Waals surface area (Å²) in [5.41, 5.74) is 2.03. The SMILES string of the molecule is COc1ccccc1C1=CC(=O)N([C@H]2CCCN(C[C@H]3COc4ccccc4O3)C2)C1.O=CO. The third-order valence-electron chi connectivity index (χ3n) is 6.33. The van der Waals surface area contributed by atoms with Gasteiger partial charge in [0.15, 0.2) is 11.5 Å². The Balaban J connectivity index is 0.000000868. The highest BCUT2D eigenvalue weighted by Crippen LogP contribution is 2.33. The maximum atomic E-state index is 12.8. The van der Waals surface area contributed by atoms with Crippen molar-refractivity contribution in [2.24, 2.45) is 0 Å². The van der Waals surface area contributed by atoms with Gasteiger partial charge in [0.25, 0.3) is 6.47 Å². The van der Waals surface area contributed by atoms with Gasteiger partial charge in [-0.15, -0.1) is 0 Å². The van der Waals surface area contributed by atoms with E-state index in [-0.39, 0.29) is 24.5 Å². The van der Waals surface area contributed by atoms with E-state index in [1.807, 2.05) is 53.4 Å². The van der Waals surface area contributed by atoms with Crippen LogP contribution in [-0.4, -0.2) is 79.3 Å². The minimum absolute atomic E-state index is 0.00481. The zero-order valence-electron chi connectivity index (χ0n) is 19.3. The lowest BCUT2D eigenvalue weighted by atomic mass is 10.0. The fraction of sp³-hybridized carbons (Fsp3) is 0.385. The molecule has 3 aliphatic rings. The van der Waals surface area contributed by atoms with E-state index in [9.17, 15) is 4.79 Å². The second-order valence-corrected chi connectivity index (χ2v) is 8.49. The summed E-state index contributed by atoms with van der Waals surface area (Å²) in [4.78, 5) is 25.6. The van der Waals surface area contributed by atoms with E-state index in [1.165, 1.54) is 0 Å². The number of carbonyl (C=O) groups is 2. The van der Waals surface area contributed by atoms with E-state index in [2.05, 4.69) is 4.90 Å². The van der Waals surface area contributed by atoms with Gasteiger partial charge in [-0.1, -0.05) is 30.3 Å². The van der Waals surface area contributed by atoms with Gasteiger partial charge in [0.05, 0.1) is 7.11 Å². The van der Waals surface area contributed by atoms with Crippen LogP contribution < -0.4 is 14.2 Å². The first kappa shape index (κ1) is 23.6. The summed E-state index contributed by atoms with van der Waals surface area (Å²) in [5.74, 6) is 2.53. The van der Waals surface area contributed by atoms with Crippen LogP contribution in [0.25, 0.3) is 5.57 Å². The second kappa shape index (κ2) is 11.1. The maximum absolute atomic E-state index is 12.8. The summed E-state index contributed by atoms with van der Waals surface area (Å²) < 4.78 is 17.5. The predicted octanol–water partition coefficient (Wildman–Crippen LogP) is 2.93. The average molecular weight is 467 g/mol. The number of para-hydroxylation sites is 3. The standard InChI is InChI=1S/C25H28N2O4.CH2O2/c1-29-22-9-3-2-8-21(22)18-13-25(28)27(14-18)19-7-6-12-26(15-19)16-20-17-30-23-10-4-5-11-24(23)31-20;2-1-3/h2-5,8-11,13,19-20H,6-7,12,14-17H2,1H3;1H,(H,2,3)/t19-,20-;/m0./s1. The number of amides is 1. The second-order valence-electron chi connectivity index (χ2n) is 8.49. The Labute approximate surface area is 199 Å². The van der Waals surface area contributed by atoms with E-state index in [1.54, 1.807) is 13.2 Å². The Kier molecular flexibility index (Phi) is 7.69. The zero-order valence-corrected chi connectivity index (χ0v) is 19.3. The van der Waals surface area contributed by atoms with Gasteiger partial charge < -0.3 is 24.2 Å². The number of piperidine rings is 1. The van der Waals surface area contributed by atoms with Gasteiger partial charge in [0, 0.05) is 37.3 Å². The van der Waals surface area contributed by atoms with E-state index in [0.29, 0.717) is 13.2 Å². The van der Waals surface area contributed by atoms with Gasteiger partial charge in [-0.2, -0.15) is 0 Å². The van der Waals surface area contributed by atoms with Crippen molar-refractivity contribution >= 4 is 18.0 Å². The summed E-state index contributed by atoms with van der Waals surface area (Å²) in [7, 11) is 1.67. The summed E-state index contributed by atoms with van der Waals surface area (Å²) in [6.45, 7) is 3.63. The van der Waals surface area contributed by atoms with Crippen LogP contribution in [0.4, 0.5) is 0 Å². The Bertz CT molecular complexity index is 1040. The normalized spacial score (nSPS) is 21.9. The smallest absolute Gasteiger partial charge is 0.290 e. The highest BCUT2D eigenvalue weighted by molar-refractivity contribution is 6.01. The molecule has 1 amide bonds. The van der Waals surface area contributed by atoms with Crippen molar-refractivity contribution in [3.63, 3.8) is 0 Å². The molecular weight excluding hydrogens is 436 g/mol. The van der Waals surface area contributed by atoms with E-state index in [0.717, 1.165) is 60.9 Å². The molecule has 2 atom stereocenters. The number of carboxylic acid groups (broad SMARTS) is 1. The van der Waals surface area contributed by atoms with Crippen LogP contribution in [0, 0.1) is 0 Å². The lowest BCUT2D eigenvalue weighted by Gasteiger charge is -2.39. The fourth-order valence-electron chi connectivity index (χ4n) is 4.81. The molecule has 0 saturated carbocycles. The van der Waals surface area contributed by atoms with Crippen LogP contribution in [0.2, 0.25) is 0 Å². The molecule has 0 radical (unpaired) electrons. The van der Waals surface area contributed by atoms with Crippen molar-refractivity contribution in [3.05, 3.63) is 60.2 Å². The first-order valence-corrected chi connectivity index (χ1v) is 11.5. The lowest BCUT2D eigenvalue weighted by molar-refractivity contribution is -0.127. The van der Waals surface area contributed by atoms with Crippen LogP contribution in [0.5, 0.6) is 17.2 Å². The number of nitrogens with zero attached hydrogens (tertiary/aromatic N) is 2. The molecule has 0 spiro atoms. The van der Waals surface area contributed by atoms with Crippen LogP contribution >= 0.6 is 0 Å². The van der Waals surface area contributed by atoms with Gasteiger partial charge in [0.1, 0.15) is 18.5 Å². The van der Waals surface area contributed by atoms with Crippen molar-refractivity contribution in [1.82, 2.24) is 9.80 Å². The summed E-state index contributed by atoms with van der Waals surface area (Å²) in [6.07, 6.45) is 3.87. The lowest BCUT2D eigenvalue weighted by Crippen LogP contribution is -2.51. The van der Waals surface area contributed by atoms with Crippen LogP contribution in [0.1, 0.15) is 18.4 Å². The highest BCUT2D eigenvalue weighted by atomic mass is 16.6. The van der Waals surface area contributed by atoms with E-state index in [4.69, 9.17) is 24.1 Å². The monoisotopic (exact) mass is 466 g/mol. The Hall–Kier alpha value is -3.52. The summed E-state index contributed by atoms with van der Waals surface area (Å²) in [6, 6.07) is 15.9. The molecule has 1 fully saturated rings. The van der Waals surface area contributed by atoms with Crippen molar-refractivity contribution in [1.29, 1.82) is 0 Å². The van der Waals surface area contributed by atoms with Gasteiger partial charge in [-0.25, -0.2) is 0 Å². The molecular formula is C26H30N2O6. The van der Waals surface area contributed by atoms with E-state index < -0.39 is 0 Å². The average Bonchev–Trinajstić information content (AvgIpc) is 3.26. The van der Waals surface area contributed by atoms with Crippen molar-refractivity contribution in [2.45, 2.75) is 25.0 Å². The minimum Gasteiger partial charge on any atom is -0.496 e. The minimum atomic E-state index is -0.250. The van der Waals surface area contributed by atoms with Gasteiger partial charge >= 0.3 is 0 Å². The molecule has 8 nitrogen and oxygen atoms in total. The number of hydrogen-bond donors (Lipinski definition) is 1. The number of carbonyl (C=O) groups excluding carboxylic acids is 1. The third kappa shape index (κ3) is 5.34. The number of likely N-dealkylation sites (tertiary alicyclic amines) is 1. The predicted molar refractivity (Wildman–Crippen MR) is 127 cm³/mol. The molecule has 3 heterocycles.